The second-order valence-electron chi connectivity index (χ2n) is 9.19. The quantitative estimate of drug-likeness (QED) is 0.431. The molecule has 36 heavy (non-hydrogen) atoms. The van der Waals surface area contributed by atoms with Crippen LogP contribution in [0.15, 0.2) is 53.7 Å². The standard InChI is InChI=1S/C25H24ClF2N3O4S/c1-15-9-16(7-8-31(15)24-29-12-19(26)13-30-24)14-34-21-5-3-17(10-20(21)27)18-4-6-23-22(11-18)35-25(2,28)36(23,32)33/h3-6,10-13,15-16H,7-9,14H2,1-2H3/t15-,16+,25-/m0/s1. The first-order valence-corrected chi connectivity index (χ1v) is 13.3. The summed E-state index contributed by atoms with van der Waals surface area (Å²) in [7, 11) is -4.24. The summed E-state index contributed by atoms with van der Waals surface area (Å²) >= 11 is 5.88. The summed E-state index contributed by atoms with van der Waals surface area (Å²) in [4.78, 5) is 10.5. The third-order valence-corrected chi connectivity index (χ3v) is 8.75. The van der Waals surface area contributed by atoms with E-state index in [4.69, 9.17) is 21.1 Å². The number of benzene rings is 2. The maximum atomic E-state index is 14.9. The van der Waals surface area contributed by atoms with Crippen molar-refractivity contribution in [3.05, 3.63) is 59.6 Å². The third-order valence-electron chi connectivity index (χ3n) is 6.59. The van der Waals surface area contributed by atoms with Crippen LogP contribution in [0.3, 0.4) is 0 Å². The smallest absolute Gasteiger partial charge is 0.351 e. The van der Waals surface area contributed by atoms with Gasteiger partial charge >= 0.3 is 5.19 Å². The average Bonchev–Trinajstić information content (AvgIpc) is 3.02. The van der Waals surface area contributed by atoms with Crippen molar-refractivity contribution in [2.24, 2.45) is 5.92 Å². The highest BCUT2D eigenvalue weighted by Crippen LogP contribution is 2.44. The van der Waals surface area contributed by atoms with E-state index in [0.717, 1.165) is 26.3 Å². The van der Waals surface area contributed by atoms with Crippen LogP contribution in [-0.2, 0) is 9.84 Å². The van der Waals surface area contributed by atoms with Crippen LogP contribution in [0.4, 0.5) is 14.7 Å². The highest BCUT2D eigenvalue weighted by atomic mass is 35.5. The lowest BCUT2D eigenvalue weighted by Crippen LogP contribution is -2.43. The molecule has 1 aromatic heterocycles. The second kappa shape index (κ2) is 9.15. The van der Waals surface area contributed by atoms with Gasteiger partial charge in [0.05, 0.1) is 24.0 Å². The molecule has 11 heteroatoms. The van der Waals surface area contributed by atoms with E-state index in [9.17, 15) is 17.2 Å². The minimum atomic E-state index is -4.24. The second-order valence-corrected chi connectivity index (χ2v) is 11.8. The van der Waals surface area contributed by atoms with Gasteiger partial charge in [-0.3, -0.25) is 0 Å². The number of piperidine rings is 1. The molecular weight excluding hydrogens is 512 g/mol. The van der Waals surface area contributed by atoms with Crippen LogP contribution >= 0.6 is 11.6 Å². The molecule has 3 atom stereocenters. The summed E-state index contributed by atoms with van der Waals surface area (Å²) < 4.78 is 64.3. The van der Waals surface area contributed by atoms with Crippen LogP contribution in [0.25, 0.3) is 11.1 Å². The number of alkyl halides is 1. The number of anilines is 1. The minimum Gasteiger partial charge on any atom is -0.490 e. The Bertz CT molecular complexity index is 1400. The molecule has 0 N–H and O–H groups in total. The number of hydrogen-bond acceptors (Lipinski definition) is 7. The Morgan fingerprint density at radius 3 is 2.58 bits per heavy atom. The van der Waals surface area contributed by atoms with E-state index in [1.807, 2.05) is 0 Å². The zero-order chi connectivity index (χ0) is 25.7. The summed E-state index contributed by atoms with van der Waals surface area (Å²) in [5.41, 5.74) is 0.985. The minimum absolute atomic E-state index is 0.0947. The molecule has 7 nitrogen and oxygen atoms in total. The van der Waals surface area contributed by atoms with Crippen molar-refractivity contribution in [3.63, 3.8) is 0 Å². The van der Waals surface area contributed by atoms with Crippen molar-refractivity contribution < 1.29 is 26.7 Å². The van der Waals surface area contributed by atoms with Crippen molar-refractivity contribution in [1.29, 1.82) is 0 Å². The van der Waals surface area contributed by atoms with Gasteiger partial charge in [0.2, 0.25) is 5.95 Å². The van der Waals surface area contributed by atoms with Gasteiger partial charge in [-0.1, -0.05) is 23.7 Å². The zero-order valence-corrected chi connectivity index (χ0v) is 21.2. The normalized spacial score (nSPS) is 24.8. The molecule has 0 radical (unpaired) electrons. The molecule has 0 bridgehead atoms. The lowest BCUT2D eigenvalue weighted by molar-refractivity contribution is 0.0464. The third kappa shape index (κ3) is 4.48. The van der Waals surface area contributed by atoms with Crippen LogP contribution < -0.4 is 14.4 Å². The molecule has 0 saturated carbocycles. The van der Waals surface area contributed by atoms with Gasteiger partial charge in [-0.15, -0.1) is 0 Å². The lowest BCUT2D eigenvalue weighted by Gasteiger charge is -2.37. The van der Waals surface area contributed by atoms with E-state index in [0.29, 0.717) is 28.7 Å². The predicted octanol–water partition coefficient (Wildman–Crippen LogP) is 5.43. The molecule has 190 valence electrons. The molecule has 0 unspecified atom stereocenters. The maximum Gasteiger partial charge on any atom is 0.351 e. The van der Waals surface area contributed by atoms with Crippen LogP contribution in [0, 0.1) is 11.7 Å². The molecule has 0 amide bonds. The Morgan fingerprint density at radius 2 is 1.89 bits per heavy atom. The van der Waals surface area contributed by atoms with E-state index < -0.39 is 20.8 Å². The van der Waals surface area contributed by atoms with Crippen LogP contribution in [0.1, 0.15) is 26.7 Å². The number of aromatic nitrogens is 2. The van der Waals surface area contributed by atoms with Gasteiger partial charge in [0, 0.05) is 19.5 Å². The number of fused-ring (bicyclic) bond motifs is 1. The summed E-state index contributed by atoms with van der Waals surface area (Å²) in [5, 5.41) is -2.34. The Hall–Kier alpha value is -2.98. The SMILES string of the molecule is C[C@H]1C[C@H](COc2ccc(-c3ccc4c(c3)O[C@](C)(F)S4(=O)=O)cc2F)CCN1c1ncc(Cl)cn1. The monoisotopic (exact) mass is 535 g/mol. The van der Waals surface area contributed by atoms with E-state index in [1.54, 1.807) is 18.5 Å². The molecule has 3 heterocycles. The molecule has 2 aliphatic rings. The molecule has 1 saturated heterocycles. The number of rotatable bonds is 5. The molecule has 5 rings (SSSR count). The molecule has 0 aliphatic carbocycles. The Kier molecular flexibility index (Phi) is 6.28. The first kappa shape index (κ1) is 24.7. The largest absolute Gasteiger partial charge is 0.490 e. The highest BCUT2D eigenvalue weighted by molar-refractivity contribution is 7.92. The van der Waals surface area contributed by atoms with Crippen LogP contribution in [0.5, 0.6) is 11.5 Å². The Balaban J connectivity index is 1.23. The van der Waals surface area contributed by atoms with Crippen molar-refractivity contribution in [1.82, 2.24) is 9.97 Å². The number of ether oxygens (including phenoxy) is 2. The van der Waals surface area contributed by atoms with E-state index >= 15 is 0 Å². The maximum absolute atomic E-state index is 14.9. The number of nitrogens with zero attached hydrogens (tertiary/aromatic N) is 3. The van der Waals surface area contributed by atoms with Crippen molar-refractivity contribution in [2.45, 2.75) is 42.8 Å². The predicted molar refractivity (Wildman–Crippen MR) is 131 cm³/mol. The van der Waals surface area contributed by atoms with E-state index in [1.165, 1.54) is 30.3 Å². The van der Waals surface area contributed by atoms with Crippen LogP contribution in [0.2, 0.25) is 5.02 Å². The number of sulfone groups is 1. The summed E-state index contributed by atoms with van der Waals surface area (Å²) in [6.45, 7) is 4.07. The molecule has 3 aromatic rings. The van der Waals surface area contributed by atoms with Gasteiger partial charge in [0.15, 0.2) is 11.6 Å². The fraction of sp³-hybridized carbons (Fsp3) is 0.360. The van der Waals surface area contributed by atoms with Crippen LogP contribution in [-0.4, -0.2) is 42.8 Å². The zero-order valence-electron chi connectivity index (χ0n) is 19.6. The fourth-order valence-electron chi connectivity index (χ4n) is 4.61. The Morgan fingerprint density at radius 1 is 1.19 bits per heavy atom. The van der Waals surface area contributed by atoms with Gasteiger partial charge in [0.1, 0.15) is 10.6 Å². The lowest BCUT2D eigenvalue weighted by atomic mass is 9.92. The average molecular weight is 536 g/mol. The first-order chi connectivity index (χ1) is 17.0. The van der Waals surface area contributed by atoms with Gasteiger partial charge in [-0.05, 0) is 61.1 Å². The first-order valence-electron chi connectivity index (χ1n) is 11.5. The molecular formula is C25H24ClF2N3O4S. The van der Waals surface area contributed by atoms with Gasteiger partial charge in [-0.2, -0.15) is 4.39 Å². The van der Waals surface area contributed by atoms with E-state index in [-0.39, 0.29) is 28.4 Å². The van der Waals surface area contributed by atoms with Gasteiger partial charge in [0.25, 0.3) is 9.84 Å². The highest BCUT2D eigenvalue weighted by Gasteiger charge is 2.51. The van der Waals surface area contributed by atoms with Crippen molar-refractivity contribution >= 4 is 27.4 Å². The molecule has 2 aliphatic heterocycles. The van der Waals surface area contributed by atoms with Crippen molar-refractivity contribution in [2.75, 3.05) is 18.1 Å². The summed E-state index contributed by atoms with van der Waals surface area (Å²) in [5.74, 6) is 0.373. The van der Waals surface area contributed by atoms with Crippen molar-refractivity contribution in [3.8, 4) is 22.6 Å². The van der Waals surface area contributed by atoms with Gasteiger partial charge in [-0.25, -0.2) is 22.8 Å². The Labute approximate surface area is 213 Å². The molecule has 2 aromatic carbocycles. The fourth-order valence-corrected chi connectivity index (χ4v) is 5.92. The van der Waals surface area contributed by atoms with E-state index in [2.05, 4.69) is 21.8 Å². The molecule has 0 spiro atoms. The molecule has 1 fully saturated rings. The number of halogens is 3. The topological polar surface area (TPSA) is 81.6 Å². The van der Waals surface area contributed by atoms with Gasteiger partial charge < -0.3 is 14.4 Å². The number of hydrogen-bond donors (Lipinski definition) is 0. The summed E-state index contributed by atoms with van der Waals surface area (Å²) in [6.07, 6.45) is 4.85. The summed E-state index contributed by atoms with van der Waals surface area (Å²) in [6, 6.07) is 8.87.